The molecule has 0 saturated heterocycles. The number of hydrogen-bond donors (Lipinski definition) is 0. The number of aliphatic imine (C=N–C) groups is 1. The maximum Gasteiger partial charge on any atom is 0.201 e. The van der Waals surface area contributed by atoms with E-state index in [1.54, 1.807) is 20.0 Å². The molecule has 3 rings (SSSR count). The first kappa shape index (κ1) is 14.6. The number of halogens is 2. The van der Waals surface area contributed by atoms with Crippen LogP contribution in [0.3, 0.4) is 0 Å². The maximum absolute atomic E-state index is 14.1. The zero-order valence-electron chi connectivity index (χ0n) is 12.9. The molecule has 0 N–H and O–H groups in total. The predicted octanol–water partition coefficient (Wildman–Crippen LogP) is 3.94. The van der Waals surface area contributed by atoms with Crippen LogP contribution in [0.5, 0.6) is 5.75 Å². The number of pyridine rings is 1. The minimum Gasteiger partial charge on any atom is -0.463 e. The van der Waals surface area contributed by atoms with Crippen molar-refractivity contribution in [3.8, 4) is 5.75 Å². The molecule has 2 heterocycles. The molecule has 1 aliphatic heterocycles. The van der Waals surface area contributed by atoms with E-state index in [9.17, 15) is 8.78 Å². The van der Waals surface area contributed by atoms with Crippen LogP contribution in [0.4, 0.5) is 8.78 Å². The lowest BCUT2D eigenvalue weighted by Crippen LogP contribution is -2.33. The van der Waals surface area contributed by atoms with Gasteiger partial charge in [-0.1, -0.05) is 0 Å². The van der Waals surface area contributed by atoms with E-state index < -0.39 is 17.4 Å². The first-order chi connectivity index (χ1) is 10.3. The fraction of sp³-hybridized carbons (Fsp3) is 0.294. The lowest BCUT2D eigenvalue weighted by molar-refractivity contribution is 0.108. The van der Waals surface area contributed by atoms with Crippen LogP contribution in [0.2, 0.25) is 0 Å². The molecule has 3 nitrogen and oxygen atoms in total. The highest BCUT2D eigenvalue weighted by Gasteiger charge is 2.32. The third-order valence-electron chi connectivity index (χ3n) is 3.65. The van der Waals surface area contributed by atoms with Gasteiger partial charge in [-0.2, -0.15) is 4.39 Å². The summed E-state index contributed by atoms with van der Waals surface area (Å²) in [6.07, 6.45) is 1.69. The van der Waals surface area contributed by atoms with Gasteiger partial charge in [0.2, 0.25) is 5.82 Å². The van der Waals surface area contributed by atoms with E-state index in [2.05, 4.69) is 9.98 Å². The Morgan fingerprint density at radius 2 is 1.86 bits per heavy atom. The van der Waals surface area contributed by atoms with Gasteiger partial charge in [0.15, 0.2) is 17.3 Å². The Kier molecular flexibility index (Phi) is 3.24. The molecule has 114 valence electrons. The van der Waals surface area contributed by atoms with Gasteiger partial charge in [0.1, 0.15) is 0 Å². The van der Waals surface area contributed by atoms with Gasteiger partial charge >= 0.3 is 0 Å². The van der Waals surface area contributed by atoms with Gasteiger partial charge in [-0.25, -0.2) is 9.38 Å². The van der Waals surface area contributed by atoms with Crippen molar-refractivity contribution in [3.05, 3.63) is 58.4 Å². The highest BCUT2D eigenvalue weighted by molar-refractivity contribution is 6.15. The fourth-order valence-electron chi connectivity index (χ4n) is 2.41. The van der Waals surface area contributed by atoms with Crippen LogP contribution >= 0.6 is 0 Å². The third-order valence-corrected chi connectivity index (χ3v) is 3.65. The van der Waals surface area contributed by atoms with Crippen LogP contribution in [0.15, 0.2) is 29.4 Å². The normalized spacial score (nSPS) is 15.8. The van der Waals surface area contributed by atoms with Gasteiger partial charge in [0.05, 0.1) is 5.71 Å². The highest BCUT2D eigenvalue weighted by Crippen LogP contribution is 2.35. The standard InChI is InChI=1S/C17H16F2N2O/c1-9-7-11(8-20-10(9)2)15-12-5-6-13(18)14(19)16(12)22-17(3,4)21-15/h5-8H,1-4H3. The topological polar surface area (TPSA) is 34.5 Å². The van der Waals surface area contributed by atoms with Crippen molar-refractivity contribution in [2.24, 2.45) is 4.99 Å². The van der Waals surface area contributed by atoms with Crippen molar-refractivity contribution < 1.29 is 13.5 Å². The van der Waals surface area contributed by atoms with E-state index in [0.717, 1.165) is 22.9 Å². The smallest absolute Gasteiger partial charge is 0.201 e. The Morgan fingerprint density at radius 3 is 2.55 bits per heavy atom. The number of aryl methyl sites for hydroxylation is 2. The number of fused-ring (bicyclic) bond motifs is 1. The van der Waals surface area contributed by atoms with E-state index in [4.69, 9.17) is 4.74 Å². The molecule has 0 bridgehead atoms. The van der Waals surface area contributed by atoms with Crippen LogP contribution in [-0.4, -0.2) is 16.4 Å². The van der Waals surface area contributed by atoms with E-state index in [1.165, 1.54) is 6.07 Å². The summed E-state index contributed by atoms with van der Waals surface area (Å²) >= 11 is 0. The zero-order valence-corrected chi connectivity index (χ0v) is 12.9. The molecule has 0 atom stereocenters. The molecule has 1 aliphatic rings. The van der Waals surface area contributed by atoms with Gasteiger partial charge in [-0.15, -0.1) is 0 Å². The highest BCUT2D eigenvalue weighted by atomic mass is 19.2. The van der Waals surface area contributed by atoms with Crippen LogP contribution < -0.4 is 4.74 Å². The number of nitrogens with zero attached hydrogens (tertiary/aromatic N) is 2. The van der Waals surface area contributed by atoms with Gasteiger partial charge in [0, 0.05) is 23.0 Å². The fourth-order valence-corrected chi connectivity index (χ4v) is 2.41. The second-order valence-electron chi connectivity index (χ2n) is 5.87. The molecule has 0 saturated carbocycles. The SMILES string of the molecule is Cc1cc(C2=NC(C)(C)Oc3c2ccc(F)c3F)cnc1C. The lowest BCUT2D eigenvalue weighted by Gasteiger charge is -2.30. The number of benzene rings is 1. The Hall–Kier alpha value is -2.30. The number of ether oxygens (including phenoxy) is 1. The number of hydrogen-bond acceptors (Lipinski definition) is 3. The summed E-state index contributed by atoms with van der Waals surface area (Å²) in [4.78, 5) is 8.86. The molecule has 1 aromatic carbocycles. The average molecular weight is 302 g/mol. The van der Waals surface area contributed by atoms with Crippen molar-refractivity contribution in [1.29, 1.82) is 0 Å². The van der Waals surface area contributed by atoms with Crippen LogP contribution in [0, 0.1) is 25.5 Å². The summed E-state index contributed by atoms with van der Waals surface area (Å²) in [6, 6.07) is 4.50. The summed E-state index contributed by atoms with van der Waals surface area (Å²) in [7, 11) is 0. The average Bonchev–Trinajstić information content (AvgIpc) is 2.45. The Labute approximate surface area is 127 Å². The van der Waals surface area contributed by atoms with E-state index in [0.29, 0.717) is 11.3 Å². The third kappa shape index (κ3) is 2.36. The Morgan fingerprint density at radius 1 is 1.14 bits per heavy atom. The summed E-state index contributed by atoms with van der Waals surface area (Å²) < 4.78 is 33.1. The van der Waals surface area contributed by atoms with Crippen molar-refractivity contribution in [3.63, 3.8) is 0 Å². The van der Waals surface area contributed by atoms with Crippen LogP contribution in [0.25, 0.3) is 0 Å². The molecular formula is C17H16F2N2O. The molecule has 0 radical (unpaired) electrons. The molecule has 0 amide bonds. The first-order valence-electron chi connectivity index (χ1n) is 6.99. The van der Waals surface area contributed by atoms with Gasteiger partial charge < -0.3 is 4.74 Å². The molecular weight excluding hydrogens is 286 g/mol. The second-order valence-corrected chi connectivity index (χ2v) is 5.87. The van der Waals surface area contributed by atoms with Crippen molar-refractivity contribution in [2.45, 2.75) is 33.4 Å². The van der Waals surface area contributed by atoms with Gasteiger partial charge in [0.25, 0.3) is 0 Å². The quantitative estimate of drug-likeness (QED) is 0.799. The van der Waals surface area contributed by atoms with Crippen LogP contribution in [-0.2, 0) is 0 Å². The molecule has 2 aromatic rings. The minimum atomic E-state index is -0.991. The molecule has 5 heteroatoms. The summed E-state index contributed by atoms with van der Waals surface area (Å²) in [6.45, 7) is 7.27. The Balaban J connectivity index is 2.24. The zero-order chi connectivity index (χ0) is 16.1. The number of rotatable bonds is 1. The number of aromatic nitrogens is 1. The predicted molar refractivity (Wildman–Crippen MR) is 80.4 cm³/mol. The lowest BCUT2D eigenvalue weighted by atomic mass is 9.98. The summed E-state index contributed by atoms with van der Waals surface area (Å²) in [5, 5.41) is 0. The van der Waals surface area contributed by atoms with E-state index in [-0.39, 0.29) is 5.75 Å². The molecule has 0 spiro atoms. The monoisotopic (exact) mass is 302 g/mol. The largest absolute Gasteiger partial charge is 0.463 e. The molecule has 0 unspecified atom stereocenters. The molecule has 0 fully saturated rings. The summed E-state index contributed by atoms with van der Waals surface area (Å²) in [5.41, 5.74) is 2.70. The molecule has 22 heavy (non-hydrogen) atoms. The van der Waals surface area contributed by atoms with Gasteiger partial charge in [-0.3, -0.25) is 4.98 Å². The minimum absolute atomic E-state index is 0.103. The van der Waals surface area contributed by atoms with Gasteiger partial charge in [-0.05, 0) is 51.5 Å². The maximum atomic E-state index is 14.1. The van der Waals surface area contributed by atoms with Crippen LogP contribution in [0.1, 0.15) is 36.2 Å². The summed E-state index contributed by atoms with van der Waals surface area (Å²) in [5.74, 6) is -2.03. The van der Waals surface area contributed by atoms with E-state index in [1.807, 2.05) is 19.9 Å². The van der Waals surface area contributed by atoms with Crippen molar-refractivity contribution in [2.75, 3.05) is 0 Å². The molecule has 1 aromatic heterocycles. The van der Waals surface area contributed by atoms with Crippen molar-refractivity contribution in [1.82, 2.24) is 4.98 Å². The first-order valence-corrected chi connectivity index (χ1v) is 6.99. The van der Waals surface area contributed by atoms with Crippen molar-refractivity contribution >= 4 is 5.71 Å². The molecule has 0 aliphatic carbocycles. The van der Waals surface area contributed by atoms with E-state index >= 15 is 0 Å². The Bertz CT molecular complexity index is 797. The second kappa shape index (κ2) is 4.87.